The van der Waals surface area contributed by atoms with Crippen LogP contribution in [0.1, 0.15) is 52.9 Å². The van der Waals surface area contributed by atoms with Crippen molar-refractivity contribution < 1.29 is 9.84 Å². The Balaban J connectivity index is 1.92. The summed E-state index contributed by atoms with van der Waals surface area (Å²) < 4.78 is 5.80. The number of ether oxygens (including phenoxy) is 1. The molecule has 1 aliphatic carbocycles. The first-order valence-electron chi connectivity index (χ1n) is 6.23. The second-order valence-electron chi connectivity index (χ2n) is 6.49. The van der Waals surface area contributed by atoms with Crippen molar-refractivity contribution >= 4 is 0 Å². The summed E-state index contributed by atoms with van der Waals surface area (Å²) in [6.07, 6.45) is 5.46. The molecule has 0 aromatic heterocycles. The quantitative estimate of drug-likeness (QED) is 0.669. The van der Waals surface area contributed by atoms with Gasteiger partial charge in [-0.15, -0.1) is 0 Å². The van der Waals surface area contributed by atoms with Gasteiger partial charge < -0.3 is 9.84 Å². The maximum absolute atomic E-state index is 9.55. The second kappa shape index (κ2) is 3.74. The lowest BCUT2D eigenvalue weighted by atomic mass is 9.68. The predicted octanol–water partition coefficient (Wildman–Crippen LogP) is 2.74. The molecule has 1 saturated carbocycles. The summed E-state index contributed by atoms with van der Waals surface area (Å²) in [6.45, 7) is 7.56. The van der Waals surface area contributed by atoms with Crippen LogP contribution in [-0.4, -0.2) is 23.4 Å². The van der Waals surface area contributed by atoms with Gasteiger partial charge in [0, 0.05) is 6.42 Å². The van der Waals surface area contributed by atoms with Crippen LogP contribution in [0.5, 0.6) is 0 Å². The van der Waals surface area contributed by atoms with Gasteiger partial charge in [0.2, 0.25) is 0 Å². The zero-order chi connectivity index (χ0) is 11.1. The Labute approximate surface area is 93.0 Å². The molecule has 1 atom stereocenters. The number of aliphatic hydroxyl groups is 1. The van der Waals surface area contributed by atoms with Crippen molar-refractivity contribution in [1.82, 2.24) is 0 Å². The minimum Gasteiger partial charge on any atom is -0.391 e. The Morgan fingerprint density at radius 3 is 2.20 bits per heavy atom. The highest BCUT2D eigenvalue weighted by atomic mass is 16.5. The summed E-state index contributed by atoms with van der Waals surface area (Å²) in [5, 5.41) is 9.55. The Kier molecular flexibility index (Phi) is 2.85. The van der Waals surface area contributed by atoms with Gasteiger partial charge >= 0.3 is 0 Å². The first kappa shape index (κ1) is 11.4. The molecule has 1 aliphatic heterocycles. The van der Waals surface area contributed by atoms with Crippen LogP contribution in [0.4, 0.5) is 0 Å². The van der Waals surface area contributed by atoms with Crippen LogP contribution >= 0.6 is 0 Å². The number of aliphatic hydroxyl groups excluding tert-OH is 1. The van der Waals surface area contributed by atoms with E-state index >= 15 is 0 Å². The molecule has 0 radical (unpaired) electrons. The maximum Gasteiger partial charge on any atom is 0.0801 e. The van der Waals surface area contributed by atoms with Crippen LogP contribution in [0.2, 0.25) is 0 Å². The highest BCUT2D eigenvalue weighted by Gasteiger charge is 2.44. The van der Waals surface area contributed by atoms with Gasteiger partial charge in [-0.1, -0.05) is 20.8 Å². The van der Waals surface area contributed by atoms with E-state index in [4.69, 9.17) is 4.74 Å². The van der Waals surface area contributed by atoms with Crippen LogP contribution in [0.3, 0.4) is 0 Å². The van der Waals surface area contributed by atoms with E-state index in [1.165, 1.54) is 12.8 Å². The molecule has 1 heterocycles. The van der Waals surface area contributed by atoms with Crippen molar-refractivity contribution in [3.8, 4) is 0 Å². The van der Waals surface area contributed by atoms with Crippen molar-refractivity contribution in [2.75, 3.05) is 6.61 Å². The molecule has 0 amide bonds. The fourth-order valence-corrected chi connectivity index (χ4v) is 3.18. The Bertz CT molecular complexity index is 221. The smallest absolute Gasteiger partial charge is 0.0801 e. The van der Waals surface area contributed by atoms with E-state index in [-0.39, 0.29) is 11.7 Å². The average Bonchev–Trinajstić information content (AvgIpc) is 2.47. The van der Waals surface area contributed by atoms with Gasteiger partial charge in [-0.25, -0.2) is 0 Å². The molecule has 1 unspecified atom stereocenters. The monoisotopic (exact) mass is 212 g/mol. The van der Waals surface area contributed by atoms with Crippen molar-refractivity contribution in [2.45, 2.75) is 64.6 Å². The van der Waals surface area contributed by atoms with Gasteiger partial charge in [-0.05, 0) is 37.0 Å². The van der Waals surface area contributed by atoms with E-state index in [0.29, 0.717) is 12.0 Å². The number of hydrogen-bond acceptors (Lipinski definition) is 2. The summed E-state index contributed by atoms with van der Waals surface area (Å²) in [4.78, 5) is 0. The Morgan fingerprint density at radius 1 is 1.20 bits per heavy atom. The third-order valence-corrected chi connectivity index (χ3v) is 4.31. The van der Waals surface area contributed by atoms with Crippen LogP contribution in [0.25, 0.3) is 0 Å². The molecular weight excluding hydrogens is 188 g/mol. The van der Waals surface area contributed by atoms with Gasteiger partial charge in [0.1, 0.15) is 0 Å². The van der Waals surface area contributed by atoms with Crippen LogP contribution < -0.4 is 0 Å². The molecule has 2 rings (SSSR count). The molecule has 0 bridgehead atoms. The number of rotatable bonds is 0. The lowest BCUT2D eigenvalue weighted by molar-refractivity contribution is -0.0471. The van der Waals surface area contributed by atoms with E-state index in [1.54, 1.807) is 0 Å². The van der Waals surface area contributed by atoms with Crippen molar-refractivity contribution in [3.05, 3.63) is 0 Å². The van der Waals surface area contributed by atoms with Crippen LogP contribution in [0, 0.1) is 11.3 Å². The topological polar surface area (TPSA) is 29.5 Å². The summed E-state index contributed by atoms with van der Waals surface area (Å²) in [5.74, 6) is 0.824. The highest BCUT2D eigenvalue weighted by molar-refractivity contribution is 4.95. The normalized spacial score (nSPS) is 42.4. The minimum absolute atomic E-state index is 0.0428. The molecular formula is C13H24O2. The lowest BCUT2D eigenvalue weighted by Gasteiger charge is -2.41. The predicted molar refractivity (Wildman–Crippen MR) is 60.7 cm³/mol. The molecule has 2 nitrogen and oxygen atoms in total. The minimum atomic E-state index is -0.212. The first-order valence-corrected chi connectivity index (χ1v) is 6.23. The molecule has 0 aromatic carbocycles. The molecule has 1 N–H and O–H groups in total. The zero-order valence-corrected chi connectivity index (χ0v) is 10.3. The van der Waals surface area contributed by atoms with E-state index in [2.05, 4.69) is 20.8 Å². The van der Waals surface area contributed by atoms with Gasteiger partial charge in [-0.3, -0.25) is 0 Å². The molecule has 2 heteroatoms. The Morgan fingerprint density at radius 2 is 1.80 bits per heavy atom. The summed E-state index contributed by atoms with van der Waals surface area (Å²) in [7, 11) is 0. The van der Waals surface area contributed by atoms with Gasteiger partial charge in [0.05, 0.1) is 18.3 Å². The average molecular weight is 212 g/mol. The molecule has 1 spiro atoms. The van der Waals surface area contributed by atoms with Crippen LogP contribution in [-0.2, 0) is 4.74 Å². The van der Waals surface area contributed by atoms with E-state index in [1.807, 2.05) is 0 Å². The molecule has 2 aliphatic rings. The van der Waals surface area contributed by atoms with Gasteiger partial charge in [-0.2, -0.15) is 0 Å². The second-order valence-corrected chi connectivity index (χ2v) is 6.49. The van der Waals surface area contributed by atoms with E-state index in [0.717, 1.165) is 25.2 Å². The molecule has 1 saturated heterocycles. The standard InChI is InChI=1S/C13H24O2/c1-12(2,3)10-4-6-13(7-5-10)8-11(14)9-15-13/h10-11,14H,4-9H2,1-3H3. The Hall–Kier alpha value is -0.0800. The maximum atomic E-state index is 9.55. The van der Waals surface area contributed by atoms with Crippen molar-refractivity contribution in [1.29, 1.82) is 0 Å². The number of hydrogen-bond donors (Lipinski definition) is 1. The summed E-state index contributed by atoms with van der Waals surface area (Å²) >= 11 is 0. The SMILES string of the molecule is CC(C)(C)C1CCC2(CC1)CC(O)CO2. The molecule has 88 valence electrons. The van der Waals surface area contributed by atoms with Crippen molar-refractivity contribution in [3.63, 3.8) is 0 Å². The molecule has 2 fully saturated rings. The molecule has 15 heavy (non-hydrogen) atoms. The third-order valence-electron chi connectivity index (χ3n) is 4.31. The van der Waals surface area contributed by atoms with E-state index < -0.39 is 0 Å². The highest BCUT2D eigenvalue weighted by Crippen LogP contribution is 2.46. The summed E-state index contributed by atoms with van der Waals surface area (Å²) in [5.41, 5.74) is 0.472. The van der Waals surface area contributed by atoms with Gasteiger partial charge in [0.25, 0.3) is 0 Å². The fourth-order valence-electron chi connectivity index (χ4n) is 3.18. The van der Waals surface area contributed by atoms with E-state index in [9.17, 15) is 5.11 Å². The fraction of sp³-hybridized carbons (Fsp3) is 1.00. The first-order chi connectivity index (χ1) is 6.91. The van der Waals surface area contributed by atoms with Crippen LogP contribution in [0.15, 0.2) is 0 Å². The lowest BCUT2D eigenvalue weighted by Crippen LogP contribution is -2.37. The zero-order valence-electron chi connectivity index (χ0n) is 10.3. The third kappa shape index (κ3) is 2.36. The summed E-state index contributed by atoms with van der Waals surface area (Å²) in [6, 6.07) is 0. The largest absolute Gasteiger partial charge is 0.391 e. The van der Waals surface area contributed by atoms with Gasteiger partial charge in [0.15, 0.2) is 0 Å². The van der Waals surface area contributed by atoms with Crippen molar-refractivity contribution in [2.24, 2.45) is 11.3 Å². The molecule has 0 aromatic rings.